The lowest BCUT2D eigenvalue weighted by Gasteiger charge is -2.57. The fourth-order valence-corrected chi connectivity index (χ4v) is 7.67. The highest BCUT2D eigenvalue weighted by molar-refractivity contribution is 8.18. The quantitative estimate of drug-likeness (QED) is 0.432. The summed E-state index contributed by atoms with van der Waals surface area (Å²) in [6.07, 6.45) is 8.78. The number of hydrogen-bond acceptors (Lipinski definition) is 7. The maximum absolute atomic E-state index is 13.4. The Labute approximate surface area is 204 Å². The van der Waals surface area contributed by atoms with E-state index in [1.807, 2.05) is 0 Å². The summed E-state index contributed by atoms with van der Waals surface area (Å²) in [6.45, 7) is 2.72. The van der Waals surface area contributed by atoms with Crippen LogP contribution in [0.5, 0.6) is 0 Å². The number of nitrogens with zero attached hydrogens (tertiary/aromatic N) is 2. The van der Waals surface area contributed by atoms with Gasteiger partial charge in [0, 0.05) is 12.6 Å². The van der Waals surface area contributed by atoms with Crippen LogP contribution in [0.1, 0.15) is 55.8 Å². The summed E-state index contributed by atoms with van der Waals surface area (Å²) in [6, 6.07) is 6.84. The third-order valence-corrected chi connectivity index (χ3v) is 8.61. The molecule has 0 unspecified atom stereocenters. The molecule has 5 fully saturated rings. The zero-order valence-corrected chi connectivity index (χ0v) is 20.4. The minimum atomic E-state index is -0.550. The van der Waals surface area contributed by atoms with E-state index in [0.717, 1.165) is 17.8 Å². The standard InChI is InChI=1S/C26H30N2O5S/c1-3-33-24(31)19-4-6-20(7-5-19)27-25-28(23(30)21(34-25)11-22(29)32-2)15-26-12-16-8-17(13-26)10-18(9-16)14-26/h4-7,11,16-18H,3,8-10,12-15H2,1-2H3/b21-11+,27-25?. The van der Waals surface area contributed by atoms with Crippen molar-refractivity contribution in [1.29, 1.82) is 0 Å². The normalized spacial score (nSPS) is 32.0. The molecule has 8 heteroatoms. The van der Waals surface area contributed by atoms with E-state index in [0.29, 0.717) is 34.5 Å². The van der Waals surface area contributed by atoms with E-state index in [1.54, 1.807) is 36.1 Å². The van der Waals surface area contributed by atoms with Crippen molar-refractivity contribution in [2.75, 3.05) is 20.3 Å². The van der Waals surface area contributed by atoms with Gasteiger partial charge in [0.15, 0.2) is 5.17 Å². The van der Waals surface area contributed by atoms with E-state index in [4.69, 9.17) is 14.5 Å². The van der Waals surface area contributed by atoms with Gasteiger partial charge in [-0.15, -0.1) is 0 Å². The fourth-order valence-electron chi connectivity index (χ4n) is 6.71. The molecular formula is C26H30N2O5S. The van der Waals surface area contributed by atoms with Gasteiger partial charge in [-0.25, -0.2) is 14.6 Å². The second kappa shape index (κ2) is 9.21. The number of hydrogen-bond donors (Lipinski definition) is 0. The molecular weight excluding hydrogens is 452 g/mol. The van der Waals surface area contributed by atoms with Crippen molar-refractivity contribution < 1.29 is 23.9 Å². The molecule has 1 heterocycles. The smallest absolute Gasteiger partial charge is 0.338 e. The molecule has 0 aromatic heterocycles. The van der Waals surface area contributed by atoms with Gasteiger partial charge < -0.3 is 9.47 Å². The number of esters is 2. The average Bonchev–Trinajstić information content (AvgIpc) is 3.07. The number of thioether (sulfide) groups is 1. The minimum absolute atomic E-state index is 0.139. The molecule has 1 aliphatic heterocycles. The molecule has 1 amide bonds. The van der Waals surface area contributed by atoms with Crippen LogP contribution in [0.15, 0.2) is 40.2 Å². The zero-order valence-electron chi connectivity index (χ0n) is 19.6. The number of aliphatic imine (C=N–C) groups is 1. The number of ether oxygens (including phenoxy) is 2. The Hall–Kier alpha value is -2.61. The number of amides is 1. The van der Waals surface area contributed by atoms with Crippen LogP contribution >= 0.6 is 11.8 Å². The molecule has 0 N–H and O–H groups in total. The summed E-state index contributed by atoms with van der Waals surface area (Å²) < 4.78 is 9.80. The summed E-state index contributed by atoms with van der Waals surface area (Å²) in [4.78, 5) is 44.1. The molecule has 1 saturated heterocycles. The Morgan fingerprint density at radius 3 is 2.29 bits per heavy atom. The Bertz CT molecular complexity index is 1030. The van der Waals surface area contributed by atoms with Crippen LogP contribution < -0.4 is 0 Å². The molecule has 5 aliphatic rings. The van der Waals surface area contributed by atoms with Gasteiger partial charge in [0.2, 0.25) is 0 Å². The summed E-state index contributed by atoms with van der Waals surface area (Å²) >= 11 is 1.21. The molecule has 1 aromatic rings. The summed E-state index contributed by atoms with van der Waals surface area (Å²) in [5, 5.41) is 0.569. The Balaban J connectivity index is 1.43. The van der Waals surface area contributed by atoms with Gasteiger partial charge in [0.25, 0.3) is 5.91 Å². The van der Waals surface area contributed by atoms with Gasteiger partial charge in [-0.1, -0.05) is 0 Å². The number of carbonyl (C=O) groups is 3. The number of rotatable bonds is 6. The largest absolute Gasteiger partial charge is 0.466 e. The lowest BCUT2D eigenvalue weighted by Crippen LogP contribution is -2.52. The number of carbonyl (C=O) groups excluding carboxylic acids is 3. The van der Waals surface area contributed by atoms with Crippen molar-refractivity contribution in [2.24, 2.45) is 28.2 Å². The topological polar surface area (TPSA) is 85.3 Å². The molecule has 4 saturated carbocycles. The van der Waals surface area contributed by atoms with Crippen molar-refractivity contribution in [3.05, 3.63) is 40.8 Å². The Kier molecular flexibility index (Phi) is 6.27. The second-order valence-corrected chi connectivity index (χ2v) is 11.1. The monoisotopic (exact) mass is 482 g/mol. The van der Waals surface area contributed by atoms with Crippen molar-refractivity contribution in [2.45, 2.75) is 45.4 Å². The van der Waals surface area contributed by atoms with Crippen LogP contribution in [-0.2, 0) is 19.1 Å². The van der Waals surface area contributed by atoms with E-state index in [-0.39, 0.29) is 17.3 Å². The molecule has 1 aromatic carbocycles. The second-order valence-electron chi connectivity index (χ2n) is 10.1. The van der Waals surface area contributed by atoms with Crippen molar-refractivity contribution in [3.63, 3.8) is 0 Å². The molecule has 0 spiro atoms. The van der Waals surface area contributed by atoms with Gasteiger partial charge in [0.05, 0.1) is 29.9 Å². The van der Waals surface area contributed by atoms with Crippen LogP contribution in [-0.4, -0.2) is 48.2 Å². The first kappa shape index (κ1) is 23.1. The van der Waals surface area contributed by atoms with Crippen molar-refractivity contribution in [3.8, 4) is 0 Å². The van der Waals surface area contributed by atoms with E-state index in [2.05, 4.69) is 0 Å². The first-order valence-electron chi connectivity index (χ1n) is 12.0. The van der Waals surface area contributed by atoms with E-state index in [9.17, 15) is 14.4 Å². The number of benzene rings is 1. The molecule has 0 radical (unpaired) electrons. The van der Waals surface area contributed by atoms with Crippen LogP contribution in [0.25, 0.3) is 0 Å². The first-order valence-corrected chi connectivity index (χ1v) is 12.8. The fraction of sp³-hybridized carbons (Fsp3) is 0.538. The molecule has 7 nitrogen and oxygen atoms in total. The SMILES string of the molecule is CCOC(=O)c1ccc(N=C2S/C(=C/C(=O)OC)C(=O)N2CC23CC4CC(CC(C4)C2)C3)cc1. The number of methoxy groups -OCH3 is 1. The number of amidine groups is 1. The van der Waals surface area contributed by atoms with Crippen LogP contribution in [0, 0.1) is 23.2 Å². The van der Waals surface area contributed by atoms with Crippen LogP contribution in [0.4, 0.5) is 5.69 Å². The third kappa shape index (κ3) is 4.52. The van der Waals surface area contributed by atoms with Gasteiger partial charge in [-0.3, -0.25) is 9.69 Å². The molecule has 4 aliphatic carbocycles. The summed E-state index contributed by atoms with van der Waals surface area (Å²) in [5.74, 6) is 1.21. The maximum Gasteiger partial charge on any atom is 0.338 e. The minimum Gasteiger partial charge on any atom is -0.466 e. The van der Waals surface area contributed by atoms with Gasteiger partial charge in [0.1, 0.15) is 0 Å². The molecule has 180 valence electrons. The van der Waals surface area contributed by atoms with Crippen LogP contribution in [0.3, 0.4) is 0 Å². The predicted molar refractivity (Wildman–Crippen MR) is 130 cm³/mol. The van der Waals surface area contributed by atoms with Gasteiger partial charge in [-0.05, 0) is 105 Å². The summed E-state index contributed by atoms with van der Waals surface area (Å²) in [5.41, 5.74) is 1.23. The Morgan fingerprint density at radius 1 is 1.12 bits per heavy atom. The van der Waals surface area contributed by atoms with E-state index in [1.165, 1.54) is 63.5 Å². The molecule has 34 heavy (non-hydrogen) atoms. The van der Waals surface area contributed by atoms with E-state index >= 15 is 0 Å². The maximum atomic E-state index is 13.4. The average molecular weight is 483 g/mol. The highest BCUT2D eigenvalue weighted by Crippen LogP contribution is 2.60. The predicted octanol–water partition coefficient (Wildman–Crippen LogP) is 4.70. The highest BCUT2D eigenvalue weighted by Gasteiger charge is 2.53. The Morgan fingerprint density at radius 2 is 1.74 bits per heavy atom. The lowest BCUT2D eigenvalue weighted by molar-refractivity contribution is -0.135. The van der Waals surface area contributed by atoms with E-state index < -0.39 is 5.97 Å². The third-order valence-electron chi connectivity index (χ3n) is 7.60. The molecule has 0 atom stereocenters. The first-order chi connectivity index (χ1) is 16.4. The van der Waals surface area contributed by atoms with Gasteiger partial charge in [-0.2, -0.15) is 0 Å². The summed E-state index contributed by atoms with van der Waals surface area (Å²) in [7, 11) is 1.30. The zero-order chi connectivity index (χ0) is 23.9. The molecule has 6 rings (SSSR count). The lowest BCUT2D eigenvalue weighted by atomic mass is 9.49. The van der Waals surface area contributed by atoms with Crippen molar-refractivity contribution >= 4 is 40.5 Å². The van der Waals surface area contributed by atoms with Crippen molar-refractivity contribution in [1.82, 2.24) is 4.90 Å². The molecule has 4 bridgehead atoms. The van der Waals surface area contributed by atoms with Gasteiger partial charge >= 0.3 is 11.9 Å². The van der Waals surface area contributed by atoms with Crippen LogP contribution in [0.2, 0.25) is 0 Å². The highest BCUT2D eigenvalue weighted by atomic mass is 32.2.